The first-order valence-electron chi connectivity index (χ1n) is 9.77. The van der Waals surface area contributed by atoms with E-state index in [2.05, 4.69) is 11.1 Å². The lowest BCUT2D eigenvalue weighted by Crippen LogP contribution is -2.40. The maximum atomic E-state index is 13.1. The van der Waals surface area contributed by atoms with Crippen LogP contribution in [0.5, 0.6) is 0 Å². The van der Waals surface area contributed by atoms with Gasteiger partial charge in [-0.3, -0.25) is 4.79 Å². The van der Waals surface area contributed by atoms with Crippen LogP contribution in [0.15, 0.2) is 57.2 Å². The molecule has 0 atom stereocenters. The predicted molar refractivity (Wildman–Crippen MR) is 121 cm³/mol. The Balaban J connectivity index is 1.49. The van der Waals surface area contributed by atoms with Crippen molar-refractivity contribution in [1.29, 1.82) is 0 Å². The number of fused-ring (bicyclic) bond motifs is 1. The summed E-state index contributed by atoms with van der Waals surface area (Å²) in [5.41, 5.74) is 1.02. The molecule has 0 aliphatic carbocycles. The minimum atomic E-state index is -3.70. The highest BCUT2D eigenvalue weighted by Crippen LogP contribution is 2.26. The first kappa shape index (κ1) is 22.2. The lowest BCUT2D eigenvalue weighted by atomic mass is 9.98. The second kappa shape index (κ2) is 8.85. The molecular formula is C21H22FN3O3S3. The second-order valence-corrected chi connectivity index (χ2v) is 11.2. The summed E-state index contributed by atoms with van der Waals surface area (Å²) in [6.07, 6.45) is 2.84. The summed E-state index contributed by atoms with van der Waals surface area (Å²) < 4.78 is 43.0. The molecule has 164 valence electrons. The molecule has 2 heterocycles. The Morgan fingerprint density at radius 2 is 1.84 bits per heavy atom. The van der Waals surface area contributed by atoms with E-state index in [-0.39, 0.29) is 29.8 Å². The number of aryl methyl sites for hydroxylation is 1. The van der Waals surface area contributed by atoms with Crippen LogP contribution in [0.3, 0.4) is 0 Å². The normalized spacial score (nSPS) is 16.8. The van der Waals surface area contributed by atoms with Crippen LogP contribution >= 0.6 is 23.1 Å². The summed E-state index contributed by atoms with van der Waals surface area (Å²) in [5.74, 6) is -1.01. The fraction of sp³-hybridized carbons (Fsp3) is 0.333. The number of thioether (sulfide) groups is 1. The zero-order valence-corrected chi connectivity index (χ0v) is 19.6. The minimum absolute atomic E-state index is 0.0604. The zero-order chi connectivity index (χ0) is 22.2. The number of halogens is 1. The molecule has 0 radical (unpaired) electrons. The van der Waals surface area contributed by atoms with Crippen LogP contribution in [-0.4, -0.2) is 42.5 Å². The van der Waals surface area contributed by atoms with E-state index in [4.69, 9.17) is 0 Å². The van der Waals surface area contributed by atoms with Crippen LogP contribution < -0.4 is 4.80 Å². The molecule has 0 N–H and O–H groups in total. The molecular weight excluding hydrogens is 457 g/mol. The number of thiazole rings is 1. The SMILES string of the molecule is CSc1ccc2c(c1)sc(=NC(=O)C1CCN(S(=O)(=O)c3ccc(F)cc3)CC1)n2C. The van der Waals surface area contributed by atoms with Crippen LogP contribution in [0.25, 0.3) is 10.2 Å². The van der Waals surface area contributed by atoms with Gasteiger partial charge in [0.15, 0.2) is 4.80 Å². The largest absolute Gasteiger partial charge is 0.319 e. The van der Waals surface area contributed by atoms with Gasteiger partial charge in [0.25, 0.3) is 5.91 Å². The van der Waals surface area contributed by atoms with Gasteiger partial charge in [-0.05, 0) is 61.6 Å². The molecule has 10 heteroatoms. The maximum absolute atomic E-state index is 13.1. The Kier molecular flexibility index (Phi) is 6.34. The van der Waals surface area contributed by atoms with Crippen molar-refractivity contribution in [1.82, 2.24) is 8.87 Å². The van der Waals surface area contributed by atoms with Gasteiger partial charge in [0.1, 0.15) is 5.82 Å². The first-order valence-corrected chi connectivity index (χ1v) is 13.3. The molecule has 0 saturated carbocycles. The Hall–Kier alpha value is -2.01. The second-order valence-electron chi connectivity index (χ2n) is 7.36. The smallest absolute Gasteiger partial charge is 0.251 e. The number of benzene rings is 2. The van der Waals surface area contributed by atoms with Crippen molar-refractivity contribution in [2.24, 2.45) is 18.0 Å². The molecule has 31 heavy (non-hydrogen) atoms. The monoisotopic (exact) mass is 479 g/mol. The van der Waals surface area contributed by atoms with E-state index in [9.17, 15) is 17.6 Å². The van der Waals surface area contributed by atoms with Crippen molar-refractivity contribution < 1.29 is 17.6 Å². The average molecular weight is 480 g/mol. The summed E-state index contributed by atoms with van der Waals surface area (Å²) >= 11 is 3.14. The third kappa shape index (κ3) is 4.48. The van der Waals surface area contributed by atoms with Crippen LogP contribution in [0.4, 0.5) is 4.39 Å². The van der Waals surface area contributed by atoms with Crippen molar-refractivity contribution in [2.45, 2.75) is 22.6 Å². The predicted octanol–water partition coefficient (Wildman–Crippen LogP) is 3.63. The minimum Gasteiger partial charge on any atom is -0.319 e. The third-order valence-corrected chi connectivity index (χ3v) is 9.21. The number of piperidine rings is 1. The summed E-state index contributed by atoms with van der Waals surface area (Å²) in [4.78, 5) is 19.0. The van der Waals surface area contributed by atoms with Crippen LogP contribution in [-0.2, 0) is 21.9 Å². The first-order chi connectivity index (χ1) is 14.8. The van der Waals surface area contributed by atoms with Crippen LogP contribution in [0.1, 0.15) is 12.8 Å². The number of aromatic nitrogens is 1. The molecule has 1 saturated heterocycles. The molecule has 1 aliphatic heterocycles. The van der Waals surface area contributed by atoms with Crippen LogP contribution in [0.2, 0.25) is 0 Å². The highest BCUT2D eigenvalue weighted by atomic mass is 32.2. The van der Waals surface area contributed by atoms with Crippen molar-refractivity contribution in [3.63, 3.8) is 0 Å². The summed E-state index contributed by atoms with van der Waals surface area (Å²) in [6.45, 7) is 0.475. The quantitative estimate of drug-likeness (QED) is 0.536. The number of amides is 1. The Labute approximate surface area is 188 Å². The van der Waals surface area contributed by atoms with E-state index in [0.29, 0.717) is 17.6 Å². The molecule has 2 aromatic carbocycles. The molecule has 1 aromatic heterocycles. The van der Waals surface area contributed by atoms with Crippen molar-refractivity contribution in [2.75, 3.05) is 19.3 Å². The average Bonchev–Trinajstić information content (AvgIpc) is 3.08. The molecule has 4 rings (SSSR count). The Morgan fingerprint density at radius 1 is 1.16 bits per heavy atom. The number of nitrogens with zero attached hydrogens (tertiary/aromatic N) is 3. The number of sulfonamides is 1. The van der Waals surface area contributed by atoms with Crippen molar-refractivity contribution in [3.8, 4) is 0 Å². The molecule has 6 nitrogen and oxygen atoms in total. The number of hydrogen-bond donors (Lipinski definition) is 0. The Morgan fingerprint density at radius 3 is 2.48 bits per heavy atom. The van der Waals surface area contributed by atoms with Gasteiger partial charge >= 0.3 is 0 Å². The fourth-order valence-electron chi connectivity index (χ4n) is 3.63. The summed E-state index contributed by atoms with van der Waals surface area (Å²) in [5, 5.41) is 0. The third-order valence-electron chi connectivity index (χ3n) is 5.48. The summed E-state index contributed by atoms with van der Waals surface area (Å²) in [7, 11) is -1.81. The van der Waals surface area contributed by atoms with E-state index in [1.54, 1.807) is 11.8 Å². The lowest BCUT2D eigenvalue weighted by molar-refractivity contribution is -0.122. The van der Waals surface area contributed by atoms with Gasteiger partial charge in [0, 0.05) is 31.0 Å². The standard InChI is InChI=1S/C21H22FN3O3S3/c1-24-18-8-5-16(29-2)13-19(18)30-21(24)23-20(26)14-9-11-25(12-10-14)31(27,28)17-6-3-15(22)4-7-17/h3-8,13-14H,9-12H2,1-2H3. The maximum Gasteiger partial charge on any atom is 0.251 e. The van der Waals surface area contributed by atoms with Gasteiger partial charge in [0.2, 0.25) is 10.0 Å². The van der Waals surface area contributed by atoms with Crippen molar-refractivity contribution in [3.05, 3.63) is 53.1 Å². The van der Waals surface area contributed by atoms with E-state index < -0.39 is 15.8 Å². The molecule has 1 fully saturated rings. The lowest BCUT2D eigenvalue weighted by Gasteiger charge is -2.29. The number of hydrogen-bond acceptors (Lipinski definition) is 5. The van der Waals surface area contributed by atoms with Gasteiger partial charge in [-0.2, -0.15) is 9.30 Å². The van der Waals surface area contributed by atoms with Crippen LogP contribution in [0, 0.1) is 11.7 Å². The molecule has 1 aliphatic rings. The number of rotatable bonds is 4. The highest BCUT2D eigenvalue weighted by molar-refractivity contribution is 7.98. The molecule has 0 unspecified atom stereocenters. The fourth-order valence-corrected chi connectivity index (χ4v) is 6.68. The van der Waals surface area contributed by atoms with E-state index >= 15 is 0 Å². The Bertz CT molecular complexity index is 1290. The summed E-state index contributed by atoms with van der Waals surface area (Å²) in [6, 6.07) is 11.0. The van der Waals surface area contributed by atoms with Gasteiger partial charge in [-0.15, -0.1) is 11.8 Å². The van der Waals surface area contributed by atoms with E-state index in [0.717, 1.165) is 27.2 Å². The molecule has 3 aromatic rings. The highest BCUT2D eigenvalue weighted by Gasteiger charge is 2.32. The van der Waals surface area contributed by atoms with Crippen molar-refractivity contribution >= 4 is 49.2 Å². The topological polar surface area (TPSA) is 71.7 Å². The van der Waals surface area contributed by atoms with E-state index in [1.165, 1.54) is 27.8 Å². The van der Waals surface area contributed by atoms with Gasteiger partial charge in [0.05, 0.1) is 15.1 Å². The van der Waals surface area contributed by atoms with Gasteiger partial charge in [-0.1, -0.05) is 11.3 Å². The van der Waals surface area contributed by atoms with Gasteiger partial charge in [-0.25, -0.2) is 12.8 Å². The van der Waals surface area contributed by atoms with Gasteiger partial charge < -0.3 is 4.57 Å². The number of carbonyl (C=O) groups excluding carboxylic acids is 1. The molecule has 0 bridgehead atoms. The molecule has 1 amide bonds. The zero-order valence-electron chi connectivity index (χ0n) is 17.1. The number of carbonyl (C=O) groups is 1. The van der Waals surface area contributed by atoms with E-state index in [1.807, 2.05) is 30.0 Å². The molecule has 0 spiro atoms.